The number of rotatable bonds is 5. The van der Waals surface area contributed by atoms with Crippen molar-refractivity contribution < 1.29 is 5.11 Å². The number of nitrogens with one attached hydrogen (secondary N) is 1. The number of hydrogen-bond acceptors (Lipinski definition) is 2. The summed E-state index contributed by atoms with van der Waals surface area (Å²) in [6.45, 7) is 9.02. The van der Waals surface area contributed by atoms with Crippen LogP contribution in [0.25, 0.3) is 0 Å². The van der Waals surface area contributed by atoms with E-state index in [0.29, 0.717) is 12.6 Å². The Kier molecular flexibility index (Phi) is 4.97. The van der Waals surface area contributed by atoms with Crippen molar-refractivity contribution in [2.24, 2.45) is 0 Å². The van der Waals surface area contributed by atoms with E-state index < -0.39 is 0 Å². The van der Waals surface area contributed by atoms with Crippen LogP contribution < -0.4 is 5.32 Å². The van der Waals surface area contributed by atoms with Crippen molar-refractivity contribution >= 4 is 0 Å². The van der Waals surface area contributed by atoms with Gasteiger partial charge in [0.15, 0.2) is 0 Å². The van der Waals surface area contributed by atoms with Gasteiger partial charge in [-0.15, -0.1) is 0 Å². The summed E-state index contributed by atoms with van der Waals surface area (Å²) >= 11 is 0. The highest BCUT2D eigenvalue weighted by Crippen LogP contribution is 2.16. The molecule has 0 aliphatic carbocycles. The molecule has 0 bridgehead atoms. The quantitative estimate of drug-likeness (QED) is 0.801. The van der Waals surface area contributed by atoms with E-state index >= 15 is 0 Å². The lowest BCUT2D eigenvalue weighted by molar-refractivity contribution is 0.164. The Hall–Kier alpha value is -0.860. The Labute approximate surface area is 98.7 Å². The molecular formula is C14H23NO. The average molecular weight is 221 g/mol. The second-order valence-electron chi connectivity index (χ2n) is 4.61. The van der Waals surface area contributed by atoms with E-state index in [0.717, 1.165) is 6.42 Å². The SMILES string of the molecule is CCC(O)CNC(C)c1cc(C)cc(C)c1. The van der Waals surface area contributed by atoms with E-state index in [1.165, 1.54) is 16.7 Å². The second kappa shape index (κ2) is 6.02. The summed E-state index contributed by atoms with van der Waals surface area (Å²) in [5.74, 6) is 0. The summed E-state index contributed by atoms with van der Waals surface area (Å²) in [5, 5.41) is 12.9. The van der Waals surface area contributed by atoms with Gasteiger partial charge in [0.05, 0.1) is 6.10 Å². The minimum atomic E-state index is -0.242. The molecule has 0 amide bonds. The number of hydrogen-bond donors (Lipinski definition) is 2. The Morgan fingerprint density at radius 2 is 1.75 bits per heavy atom. The molecule has 0 aromatic heterocycles. The third-order valence-electron chi connectivity index (χ3n) is 2.87. The van der Waals surface area contributed by atoms with Gasteiger partial charge in [0.25, 0.3) is 0 Å². The lowest BCUT2D eigenvalue weighted by Gasteiger charge is -2.17. The maximum Gasteiger partial charge on any atom is 0.0662 e. The van der Waals surface area contributed by atoms with Crippen LogP contribution in [0.15, 0.2) is 18.2 Å². The Balaban J connectivity index is 2.62. The molecule has 90 valence electrons. The van der Waals surface area contributed by atoms with Crippen molar-refractivity contribution in [3.8, 4) is 0 Å². The number of aliphatic hydroxyl groups excluding tert-OH is 1. The molecule has 2 N–H and O–H groups in total. The fourth-order valence-corrected chi connectivity index (χ4v) is 1.83. The largest absolute Gasteiger partial charge is 0.392 e. The van der Waals surface area contributed by atoms with Gasteiger partial charge < -0.3 is 10.4 Å². The van der Waals surface area contributed by atoms with Gasteiger partial charge >= 0.3 is 0 Å². The molecule has 1 rings (SSSR count). The molecule has 2 heteroatoms. The first-order valence-corrected chi connectivity index (χ1v) is 6.02. The fraction of sp³-hybridized carbons (Fsp3) is 0.571. The predicted molar refractivity (Wildman–Crippen MR) is 68.6 cm³/mol. The van der Waals surface area contributed by atoms with E-state index in [1.54, 1.807) is 0 Å². The molecule has 2 unspecified atom stereocenters. The van der Waals surface area contributed by atoms with Crippen molar-refractivity contribution in [1.82, 2.24) is 5.32 Å². The zero-order chi connectivity index (χ0) is 12.1. The first-order valence-electron chi connectivity index (χ1n) is 6.02. The molecule has 0 aliphatic rings. The zero-order valence-electron chi connectivity index (χ0n) is 10.7. The van der Waals surface area contributed by atoms with Crippen molar-refractivity contribution in [2.45, 2.75) is 46.3 Å². The molecule has 2 atom stereocenters. The van der Waals surface area contributed by atoms with Crippen LogP contribution in [0.2, 0.25) is 0 Å². The maximum absolute atomic E-state index is 9.50. The van der Waals surface area contributed by atoms with Gasteiger partial charge in [-0.2, -0.15) is 0 Å². The molecule has 0 aliphatic heterocycles. The van der Waals surface area contributed by atoms with Crippen molar-refractivity contribution in [1.29, 1.82) is 0 Å². The molecular weight excluding hydrogens is 198 g/mol. The topological polar surface area (TPSA) is 32.3 Å². The number of benzene rings is 1. The lowest BCUT2D eigenvalue weighted by Crippen LogP contribution is -2.28. The molecule has 2 nitrogen and oxygen atoms in total. The third-order valence-corrected chi connectivity index (χ3v) is 2.87. The van der Waals surface area contributed by atoms with Crippen LogP contribution >= 0.6 is 0 Å². The van der Waals surface area contributed by atoms with E-state index in [9.17, 15) is 5.11 Å². The normalized spacial score (nSPS) is 14.8. The molecule has 1 aromatic rings. The highest BCUT2D eigenvalue weighted by Gasteiger charge is 2.08. The van der Waals surface area contributed by atoms with Gasteiger partial charge in [-0.25, -0.2) is 0 Å². The lowest BCUT2D eigenvalue weighted by atomic mass is 10.0. The van der Waals surface area contributed by atoms with E-state index in [1.807, 2.05) is 6.92 Å². The van der Waals surface area contributed by atoms with Crippen molar-refractivity contribution in [3.63, 3.8) is 0 Å². The Morgan fingerprint density at radius 1 is 1.19 bits per heavy atom. The van der Waals surface area contributed by atoms with Crippen LogP contribution in [0.1, 0.15) is 43.0 Å². The molecule has 16 heavy (non-hydrogen) atoms. The predicted octanol–water partition coefficient (Wildman–Crippen LogP) is 2.72. The highest BCUT2D eigenvalue weighted by molar-refractivity contribution is 5.30. The summed E-state index contributed by atoms with van der Waals surface area (Å²) in [4.78, 5) is 0. The molecule has 0 spiro atoms. The Morgan fingerprint density at radius 3 is 2.25 bits per heavy atom. The molecule has 0 radical (unpaired) electrons. The minimum absolute atomic E-state index is 0.242. The standard InChI is InChI=1S/C14H23NO/c1-5-14(16)9-15-12(4)13-7-10(2)6-11(3)8-13/h6-8,12,14-16H,5,9H2,1-4H3. The summed E-state index contributed by atoms with van der Waals surface area (Å²) < 4.78 is 0. The van der Waals surface area contributed by atoms with Crippen LogP contribution in [0.3, 0.4) is 0 Å². The van der Waals surface area contributed by atoms with Gasteiger partial charge in [-0.1, -0.05) is 36.2 Å². The summed E-state index contributed by atoms with van der Waals surface area (Å²) in [5.41, 5.74) is 3.88. The van der Waals surface area contributed by atoms with Gasteiger partial charge in [0.2, 0.25) is 0 Å². The molecule has 1 aromatic carbocycles. The first-order chi connectivity index (χ1) is 7.52. The monoisotopic (exact) mass is 221 g/mol. The van der Waals surface area contributed by atoms with Crippen molar-refractivity contribution in [2.75, 3.05) is 6.54 Å². The van der Waals surface area contributed by atoms with E-state index in [-0.39, 0.29) is 6.10 Å². The Bertz CT molecular complexity index is 315. The van der Waals surface area contributed by atoms with Crippen LogP contribution in [0, 0.1) is 13.8 Å². The first kappa shape index (κ1) is 13.2. The minimum Gasteiger partial charge on any atom is -0.392 e. The van der Waals surface area contributed by atoms with Gasteiger partial charge in [0.1, 0.15) is 0 Å². The van der Waals surface area contributed by atoms with Crippen LogP contribution in [0.5, 0.6) is 0 Å². The van der Waals surface area contributed by atoms with Gasteiger partial charge in [-0.3, -0.25) is 0 Å². The molecule has 0 fully saturated rings. The van der Waals surface area contributed by atoms with Gasteiger partial charge in [-0.05, 0) is 32.8 Å². The number of aryl methyl sites for hydroxylation is 2. The smallest absolute Gasteiger partial charge is 0.0662 e. The molecule has 0 heterocycles. The van der Waals surface area contributed by atoms with Gasteiger partial charge in [0, 0.05) is 12.6 Å². The molecule has 0 saturated heterocycles. The number of aliphatic hydroxyl groups is 1. The zero-order valence-corrected chi connectivity index (χ0v) is 10.7. The highest BCUT2D eigenvalue weighted by atomic mass is 16.3. The average Bonchev–Trinajstić information content (AvgIpc) is 2.23. The third kappa shape index (κ3) is 3.95. The van der Waals surface area contributed by atoms with Crippen LogP contribution in [-0.4, -0.2) is 17.8 Å². The molecule has 0 saturated carbocycles. The van der Waals surface area contributed by atoms with Crippen LogP contribution in [0.4, 0.5) is 0 Å². The summed E-state index contributed by atoms with van der Waals surface area (Å²) in [6, 6.07) is 6.86. The second-order valence-corrected chi connectivity index (χ2v) is 4.61. The summed E-state index contributed by atoms with van der Waals surface area (Å²) in [6.07, 6.45) is 0.556. The summed E-state index contributed by atoms with van der Waals surface area (Å²) in [7, 11) is 0. The van der Waals surface area contributed by atoms with Crippen molar-refractivity contribution in [3.05, 3.63) is 34.9 Å². The van der Waals surface area contributed by atoms with E-state index in [4.69, 9.17) is 0 Å². The van der Waals surface area contributed by atoms with Crippen LogP contribution in [-0.2, 0) is 0 Å². The van der Waals surface area contributed by atoms with E-state index in [2.05, 4.69) is 44.3 Å². The maximum atomic E-state index is 9.50. The fourth-order valence-electron chi connectivity index (χ4n) is 1.83.